The maximum Gasteiger partial charge on any atom is 0.186 e. The number of anilines is 1. The Morgan fingerprint density at radius 1 is 1.64 bits per heavy atom. The van der Waals surface area contributed by atoms with Gasteiger partial charge in [0.15, 0.2) is 11.0 Å². The van der Waals surface area contributed by atoms with Crippen molar-refractivity contribution in [3.05, 3.63) is 5.15 Å². The van der Waals surface area contributed by atoms with Crippen LogP contribution >= 0.6 is 23.3 Å². The highest BCUT2D eigenvalue weighted by molar-refractivity contribution is 6.99. The number of halogens is 1. The van der Waals surface area contributed by atoms with Crippen LogP contribution in [0.15, 0.2) is 0 Å². The Kier molecular flexibility index (Phi) is 3.20. The van der Waals surface area contributed by atoms with Crippen LogP contribution in [0.5, 0.6) is 0 Å². The quantitative estimate of drug-likeness (QED) is 0.859. The molecule has 0 amide bonds. The van der Waals surface area contributed by atoms with E-state index >= 15 is 0 Å². The largest absolute Gasteiger partial charge is 0.366 e. The number of nitrogens with one attached hydrogen (secondary N) is 1. The smallest absolute Gasteiger partial charge is 0.186 e. The Morgan fingerprint density at radius 3 is 3.07 bits per heavy atom. The van der Waals surface area contributed by atoms with Gasteiger partial charge in [0.1, 0.15) is 0 Å². The van der Waals surface area contributed by atoms with Gasteiger partial charge in [-0.3, -0.25) is 0 Å². The molecule has 1 N–H and O–H groups in total. The van der Waals surface area contributed by atoms with Gasteiger partial charge < -0.3 is 10.2 Å². The summed E-state index contributed by atoms with van der Waals surface area (Å²) in [6.45, 7) is 3.28. The van der Waals surface area contributed by atoms with Gasteiger partial charge in [-0.1, -0.05) is 11.6 Å². The lowest BCUT2D eigenvalue weighted by Crippen LogP contribution is -2.19. The topological polar surface area (TPSA) is 41.0 Å². The summed E-state index contributed by atoms with van der Waals surface area (Å²) in [7, 11) is 2.15. The molecule has 1 aliphatic heterocycles. The molecule has 6 heteroatoms. The molecule has 0 saturated carbocycles. The molecule has 0 radical (unpaired) electrons. The van der Waals surface area contributed by atoms with Crippen LogP contribution in [0.25, 0.3) is 0 Å². The van der Waals surface area contributed by atoms with Crippen molar-refractivity contribution < 1.29 is 0 Å². The van der Waals surface area contributed by atoms with Gasteiger partial charge in [0.25, 0.3) is 0 Å². The zero-order chi connectivity index (χ0) is 9.97. The lowest BCUT2D eigenvalue weighted by Gasteiger charge is -2.10. The molecule has 1 unspecified atom stereocenters. The Bertz CT molecular complexity index is 303. The lowest BCUT2D eigenvalue weighted by atomic mass is 10.1. The van der Waals surface area contributed by atoms with E-state index in [0.717, 1.165) is 30.6 Å². The van der Waals surface area contributed by atoms with Gasteiger partial charge in [0, 0.05) is 13.1 Å². The maximum absolute atomic E-state index is 5.82. The molecule has 1 aromatic rings. The van der Waals surface area contributed by atoms with Gasteiger partial charge in [-0.2, -0.15) is 8.75 Å². The molecule has 1 aromatic heterocycles. The van der Waals surface area contributed by atoms with Crippen molar-refractivity contribution in [2.45, 2.75) is 6.42 Å². The first-order chi connectivity index (χ1) is 6.75. The fraction of sp³-hybridized carbons (Fsp3) is 0.750. The van der Waals surface area contributed by atoms with Gasteiger partial charge in [0.05, 0.1) is 11.7 Å². The first kappa shape index (κ1) is 10.1. The number of nitrogens with zero attached hydrogens (tertiary/aromatic N) is 3. The second-order valence-corrected chi connectivity index (χ2v) is 4.59. The van der Waals surface area contributed by atoms with E-state index in [1.54, 1.807) is 0 Å². The fourth-order valence-electron chi connectivity index (χ4n) is 1.72. The summed E-state index contributed by atoms with van der Waals surface area (Å²) >= 11 is 6.96. The highest BCUT2D eigenvalue weighted by atomic mass is 35.5. The summed E-state index contributed by atoms with van der Waals surface area (Å²) in [5.74, 6) is 1.43. The number of hydrogen-bond donors (Lipinski definition) is 1. The van der Waals surface area contributed by atoms with Crippen molar-refractivity contribution >= 4 is 29.1 Å². The van der Waals surface area contributed by atoms with Crippen LogP contribution in [0.1, 0.15) is 6.42 Å². The highest BCUT2D eigenvalue weighted by Crippen LogP contribution is 2.20. The Hall–Kier alpha value is -0.390. The normalized spacial score (nSPS) is 22.9. The predicted molar refractivity (Wildman–Crippen MR) is 59.0 cm³/mol. The van der Waals surface area contributed by atoms with Crippen molar-refractivity contribution in [3.63, 3.8) is 0 Å². The first-order valence-electron chi connectivity index (χ1n) is 4.66. The average Bonchev–Trinajstić information content (AvgIpc) is 2.72. The van der Waals surface area contributed by atoms with E-state index < -0.39 is 0 Å². The van der Waals surface area contributed by atoms with Crippen LogP contribution < -0.4 is 5.32 Å². The van der Waals surface area contributed by atoms with E-state index in [0.29, 0.717) is 11.1 Å². The number of hydrogen-bond acceptors (Lipinski definition) is 5. The summed E-state index contributed by atoms with van der Waals surface area (Å²) in [4.78, 5) is 2.34. The van der Waals surface area contributed by atoms with Crippen molar-refractivity contribution in [3.8, 4) is 0 Å². The Morgan fingerprint density at radius 2 is 2.50 bits per heavy atom. The number of likely N-dealkylation sites (tertiary alicyclic amines) is 1. The molecule has 0 bridgehead atoms. The van der Waals surface area contributed by atoms with Gasteiger partial charge in [0.2, 0.25) is 0 Å². The Balaban J connectivity index is 1.80. The molecule has 1 fully saturated rings. The monoisotopic (exact) mass is 232 g/mol. The van der Waals surface area contributed by atoms with Crippen molar-refractivity contribution in [2.24, 2.45) is 5.92 Å². The van der Waals surface area contributed by atoms with Crippen LogP contribution in [0.2, 0.25) is 5.15 Å². The molecule has 0 aliphatic carbocycles. The molecule has 1 aliphatic rings. The predicted octanol–water partition coefficient (Wildman–Crippen LogP) is 1.56. The second kappa shape index (κ2) is 4.42. The summed E-state index contributed by atoms with van der Waals surface area (Å²) in [5.41, 5.74) is 0. The molecular formula is C8H13ClN4S. The molecule has 78 valence electrons. The summed E-state index contributed by atoms with van der Waals surface area (Å²) in [6, 6.07) is 0. The third-order valence-corrected chi connectivity index (χ3v) is 3.39. The van der Waals surface area contributed by atoms with Gasteiger partial charge in [-0.15, -0.1) is 0 Å². The Labute approximate surface area is 92.6 Å². The first-order valence-corrected chi connectivity index (χ1v) is 5.77. The van der Waals surface area contributed by atoms with Gasteiger partial charge in [-0.25, -0.2) is 0 Å². The SMILES string of the molecule is CN1CCC(CNc2nsnc2Cl)C1. The second-order valence-electron chi connectivity index (χ2n) is 3.70. The lowest BCUT2D eigenvalue weighted by molar-refractivity contribution is 0.399. The third-order valence-electron chi connectivity index (χ3n) is 2.50. The van der Waals surface area contributed by atoms with E-state index in [-0.39, 0.29) is 0 Å². The number of aromatic nitrogens is 2. The molecule has 2 heterocycles. The van der Waals surface area contributed by atoms with Crippen LogP contribution in [0.4, 0.5) is 5.82 Å². The molecule has 2 rings (SSSR count). The third kappa shape index (κ3) is 2.34. The van der Waals surface area contributed by atoms with Crippen molar-refractivity contribution in [1.82, 2.24) is 13.6 Å². The van der Waals surface area contributed by atoms with Gasteiger partial charge in [-0.05, 0) is 25.9 Å². The van der Waals surface area contributed by atoms with Crippen LogP contribution in [0.3, 0.4) is 0 Å². The molecule has 0 aromatic carbocycles. The number of rotatable bonds is 3. The molecule has 1 saturated heterocycles. The minimum atomic E-state index is 0.487. The summed E-state index contributed by atoms with van der Waals surface area (Å²) < 4.78 is 7.97. The van der Waals surface area contributed by atoms with Crippen molar-refractivity contribution in [1.29, 1.82) is 0 Å². The van der Waals surface area contributed by atoms with E-state index in [4.69, 9.17) is 11.6 Å². The molecular weight excluding hydrogens is 220 g/mol. The summed E-state index contributed by atoms with van der Waals surface area (Å²) in [5, 5.41) is 3.72. The van der Waals surface area contributed by atoms with Gasteiger partial charge >= 0.3 is 0 Å². The molecule has 14 heavy (non-hydrogen) atoms. The highest BCUT2D eigenvalue weighted by Gasteiger charge is 2.19. The fourth-order valence-corrected chi connectivity index (χ4v) is 2.40. The molecule has 1 atom stereocenters. The van der Waals surface area contributed by atoms with E-state index in [2.05, 4.69) is 26.0 Å². The van der Waals surface area contributed by atoms with Crippen LogP contribution in [-0.4, -0.2) is 40.3 Å². The van der Waals surface area contributed by atoms with E-state index in [9.17, 15) is 0 Å². The minimum Gasteiger partial charge on any atom is -0.366 e. The zero-order valence-corrected chi connectivity index (χ0v) is 9.61. The van der Waals surface area contributed by atoms with Crippen molar-refractivity contribution in [2.75, 3.05) is 32.0 Å². The minimum absolute atomic E-state index is 0.487. The standard InChI is InChI=1S/C8H13ClN4S/c1-13-3-2-6(5-13)4-10-8-7(9)11-14-12-8/h6H,2-5H2,1H3,(H,10,12). The van der Waals surface area contributed by atoms with E-state index in [1.165, 1.54) is 13.0 Å². The molecule has 0 spiro atoms. The van der Waals surface area contributed by atoms with Crippen LogP contribution in [-0.2, 0) is 0 Å². The van der Waals surface area contributed by atoms with Crippen LogP contribution in [0, 0.1) is 5.92 Å². The molecule has 4 nitrogen and oxygen atoms in total. The summed E-state index contributed by atoms with van der Waals surface area (Å²) in [6.07, 6.45) is 1.25. The zero-order valence-electron chi connectivity index (χ0n) is 8.03. The van der Waals surface area contributed by atoms with E-state index in [1.807, 2.05) is 0 Å². The average molecular weight is 233 g/mol. The maximum atomic E-state index is 5.82.